The highest BCUT2D eigenvalue weighted by Gasteiger charge is 2.45. The number of carbonyl (C=O) groups is 2. The van der Waals surface area contributed by atoms with Crippen LogP contribution < -0.4 is 10.2 Å². The van der Waals surface area contributed by atoms with Crippen LogP contribution in [0.1, 0.15) is 18.9 Å². The van der Waals surface area contributed by atoms with Crippen molar-refractivity contribution in [3.8, 4) is 22.6 Å². The number of hydrogen-bond donors (Lipinski definition) is 2. The number of pyridine rings is 1. The highest BCUT2D eigenvalue weighted by atomic mass is 16.5. The van der Waals surface area contributed by atoms with E-state index in [9.17, 15) is 9.59 Å². The van der Waals surface area contributed by atoms with E-state index in [1.165, 1.54) is 0 Å². The van der Waals surface area contributed by atoms with Crippen LogP contribution in [-0.2, 0) is 14.3 Å². The minimum absolute atomic E-state index is 0.0471. The molecule has 0 aliphatic carbocycles. The first-order valence-corrected chi connectivity index (χ1v) is 16.7. The summed E-state index contributed by atoms with van der Waals surface area (Å²) in [5.41, 5.74) is 5.65. The van der Waals surface area contributed by atoms with E-state index < -0.39 is 5.41 Å². The van der Waals surface area contributed by atoms with Crippen LogP contribution in [-0.4, -0.2) is 106 Å². The SMILES string of the molecule is COCC1(C(=O)Nc2ccc3[nH]nc(-c4ccncc4)c3c2)CCN(CC(=O)N2CCN(c3ccc(-c4ncc(C)cn4)cc3)C[C@H]2C)C1. The maximum Gasteiger partial charge on any atom is 0.237 e. The quantitative estimate of drug-likeness (QED) is 0.236. The summed E-state index contributed by atoms with van der Waals surface area (Å²) in [4.78, 5) is 46.8. The molecule has 2 fully saturated rings. The normalized spacial score (nSPS) is 19.8. The van der Waals surface area contributed by atoms with Crippen LogP contribution in [0.2, 0.25) is 0 Å². The Morgan fingerprint density at radius 2 is 1.78 bits per heavy atom. The van der Waals surface area contributed by atoms with E-state index in [4.69, 9.17) is 4.74 Å². The Kier molecular flexibility index (Phi) is 9.07. The molecule has 12 heteroatoms. The van der Waals surface area contributed by atoms with Crippen LogP contribution in [0.15, 0.2) is 79.4 Å². The number of methoxy groups -OCH3 is 1. The van der Waals surface area contributed by atoms with Crippen molar-refractivity contribution in [1.82, 2.24) is 34.9 Å². The number of benzene rings is 2. The number of aromatic nitrogens is 5. The van der Waals surface area contributed by atoms with Gasteiger partial charge < -0.3 is 19.9 Å². The Balaban J connectivity index is 0.964. The summed E-state index contributed by atoms with van der Waals surface area (Å²) >= 11 is 0. The summed E-state index contributed by atoms with van der Waals surface area (Å²) in [6.07, 6.45) is 7.72. The van der Waals surface area contributed by atoms with E-state index in [1.54, 1.807) is 19.5 Å². The van der Waals surface area contributed by atoms with Gasteiger partial charge in [0, 0.05) is 92.0 Å². The number of nitrogens with zero attached hydrogens (tertiary/aromatic N) is 7. The van der Waals surface area contributed by atoms with Gasteiger partial charge in [0.2, 0.25) is 11.8 Å². The van der Waals surface area contributed by atoms with Crippen LogP contribution >= 0.6 is 0 Å². The van der Waals surface area contributed by atoms with Gasteiger partial charge in [-0.1, -0.05) is 0 Å². The Hall–Kier alpha value is -5.20. The molecular formula is C37H41N9O3. The molecule has 0 bridgehead atoms. The van der Waals surface area contributed by atoms with Crippen molar-refractivity contribution in [3.05, 3.63) is 84.9 Å². The third-order valence-corrected chi connectivity index (χ3v) is 9.69. The average molecular weight is 660 g/mol. The number of H-pyrrole nitrogens is 1. The number of piperazine rings is 1. The van der Waals surface area contributed by atoms with Crippen LogP contribution in [0, 0.1) is 12.3 Å². The summed E-state index contributed by atoms with van der Waals surface area (Å²) in [6, 6.07) is 17.9. The van der Waals surface area contributed by atoms with Gasteiger partial charge in [0.25, 0.3) is 0 Å². The number of hydrogen-bond acceptors (Lipinski definition) is 9. The van der Waals surface area contributed by atoms with Crippen LogP contribution in [0.3, 0.4) is 0 Å². The van der Waals surface area contributed by atoms with E-state index >= 15 is 0 Å². The standard InChI is InChI=1S/C37H41N9O3/c1-25-19-39-35(40-20-25)28-4-7-30(8-5-28)45-16-17-46(26(2)21-45)33(47)22-44-15-12-37(23-44,24-49-3)36(48)41-29-6-9-32-31(18-29)34(43-42-32)27-10-13-38-14-11-27/h4-11,13-14,18-20,26H,12,15-17,21-24H2,1-3H3,(H,41,48)(H,42,43)/t26-,37?/m1/s1. The third kappa shape index (κ3) is 6.74. The summed E-state index contributed by atoms with van der Waals surface area (Å²) in [7, 11) is 1.62. The Bertz CT molecular complexity index is 1930. The molecular weight excluding hydrogens is 618 g/mol. The predicted molar refractivity (Wildman–Crippen MR) is 189 cm³/mol. The summed E-state index contributed by atoms with van der Waals surface area (Å²) in [5, 5.41) is 11.6. The molecule has 5 heterocycles. The monoisotopic (exact) mass is 659 g/mol. The molecule has 2 saturated heterocycles. The maximum absolute atomic E-state index is 13.9. The largest absolute Gasteiger partial charge is 0.384 e. The number of likely N-dealkylation sites (tertiary alicyclic amines) is 1. The third-order valence-electron chi connectivity index (χ3n) is 9.69. The molecule has 2 aromatic carbocycles. The fourth-order valence-electron chi connectivity index (χ4n) is 7.03. The first-order chi connectivity index (χ1) is 23.8. The van der Waals surface area contributed by atoms with Crippen molar-refractivity contribution in [2.24, 2.45) is 5.41 Å². The van der Waals surface area contributed by atoms with Crippen LogP contribution in [0.4, 0.5) is 11.4 Å². The topological polar surface area (TPSA) is 132 Å². The van der Waals surface area contributed by atoms with Gasteiger partial charge in [-0.3, -0.25) is 24.6 Å². The van der Waals surface area contributed by atoms with E-state index in [1.807, 2.05) is 66.7 Å². The molecule has 2 atom stereocenters. The van der Waals surface area contributed by atoms with E-state index in [0.717, 1.165) is 52.1 Å². The second-order valence-electron chi connectivity index (χ2n) is 13.2. The molecule has 3 aromatic heterocycles. The number of nitrogens with one attached hydrogen (secondary N) is 2. The van der Waals surface area contributed by atoms with Gasteiger partial charge in [-0.2, -0.15) is 5.10 Å². The highest BCUT2D eigenvalue weighted by Crippen LogP contribution is 2.34. The van der Waals surface area contributed by atoms with Crippen molar-refractivity contribution in [3.63, 3.8) is 0 Å². The summed E-state index contributed by atoms with van der Waals surface area (Å²) in [6.45, 7) is 7.82. The van der Waals surface area contributed by atoms with E-state index in [0.29, 0.717) is 37.6 Å². The smallest absolute Gasteiger partial charge is 0.237 e. The molecule has 1 unspecified atom stereocenters. The van der Waals surface area contributed by atoms with Crippen LogP contribution in [0.5, 0.6) is 0 Å². The molecule has 2 aliphatic heterocycles. The maximum atomic E-state index is 13.9. The lowest BCUT2D eigenvalue weighted by atomic mass is 9.87. The molecule has 252 valence electrons. The van der Waals surface area contributed by atoms with Crippen LogP contribution in [0.25, 0.3) is 33.5 Å². The number of carbonyl (C=O) groups excluding carboxylic acids is 2. The van der Waals surface area contributed by atoms with Gasteiger partial charge in [0.15, 0.2) is 5.82 Å². The lowest BCUT2D eigenvalue weighted by Crippen LogP contribution is -2.56. The molecule has 2 aliphatic rings. The van der Waals surface area contributed by atoms with Gasteiger partial charge in [-0.25, -0.2) is 9.97 Å². The molecule has 2 N–H and O–H groups in total. The minimum Gasteiger partial charge on any atom is -0.384 e. The number of rotatable bonds is 9. The summed E-state index contributed by atoms with van der Waals surface area (Å²) in [5.74, 6) is 0.683. The first-order valence-electron chi connectivity index (χ1n) is 16.7. The lowest BCUT2D eigenvalue weighted by Gasteiger charge is -2.41. The predicted octanol–water partition coefficient (Wildman–Crippen LogP) is 4.40. The molecule has 7 rings (SSSR count). The molecule has 2 amide bonds. The summed E-state index contributed by atoms with van der Waals surface area (Å²) < 4.78 is 5.58. The molecule has 0 saturated carbocycles. The molecule has 49 heavy (non-hydrogen) atoms. The number of anilines is 2. The number of aryl methyl sites for hydroxylation is 1. The zero-order valence-corrected chi connectivity index (χ0v) is 28.1. The van der Waals surface area contributed by atoms with E-state index in [-0.39, 0.29) is 31.0 Å². The number of fused-ring (bicyclic) bond motifs is 1. The van der Waals surface area contributed by atoms with Crippen molar-refractivity contribution >= 4 is 34.1 Å². The van der Waals surface area contributed by atoms with Crippen molar-refractivity contribution in [1.29, 1.82) is 0 Å². The number of ether oxygens (including phenoxy) is 1. The van der Waals surface area contributed by atoms with Crippen molar-refractivity contribution in [2.75, 3.05) is 63.2 Å². The zero-order chi connectivity index (χ0) is 34.0. The van der Waals surface area contributed by atoms with Gasteiger partial charge in [0.05, 0.1) is 24.1 Å². The minimum atomic E-state index is -0.769. The second kappa shape index (κ2) is 13.7. The Morgan fingerprint density at radius 1 is 1.00 bits per heavy atom. The fraction of sp³-hybridized carbons (Fsp3) is 0.351. The number of amides is 2. The van der Waals surface area contributed by atoms with Crippen molar-refractivity contribution < 1.29 is 14.3 Å². The number of aromatic amines is 1. The highest BCUT2D eigenvalue weighted by molar-refractivity contribution is 6.00. The van der Waals surface area contributed by atoms with Gasteiger partial charge >= 0.3 is 0 Å². The molecule has 12 nitrogen and oxygen atoms in total. The Morgan fingerprint density at radius 3 is 2.51 bits per heavy atom. The van der Waals surface area contributed by atoms with Crippen molar-refractivity contribution in [2.45, 2.75) is 26.3 Å². The lowest BCUT2D eigenvalue weighted by molar-refractivity contribution is -0.135. The van der Waals surface area contributed by atoms with Gasteiger partial charge in [0.1, 0.15) is 5.69 Å². The molecule has 5 aromatic rings. The van der Waals surface area contributed by atoms with Gasteiger partial charge in [-0.05, 0) is 87.0 Å². The average Bonchev–Trinajstić information content (AvgIpc) is 3.73. The van der Waals surface area contributed by atoms with E-state index in [2.05, 4.69) is 59.3 Å². The van der Waals surface area contributed by atoms with Gasteiger partial charge in [-0.15, -0.1) is 0 Å². The fourth-order valence-corrected chi connectivity index (χ4v) is 7.03. The Labute approximate surface area is 285 Å². The zero-order valence-electron chi connectivity index (χ0n) is 28.1. The molecule has 0 radical (unpaired) electrons. The second-order valence-corrected chi connectivity index (χ2v) is 13.2. The molecule has 0 spiro atoms. The first kappa shape index (κ1) is 32.4.